The molecule has 0 aliphatic rings. The zero-order valence-electron chi connectivity index (χ0n) is 18.3. The van der Waals surface area contributed by atoms with Crippen LogP contribution in [0, 0.1) is 13.8 Å². The standard InChI is InChI=1S/C24H25N7O/c1-4-26-24(29-19-7-10-21-18(13-19)11-12-27-23(21)32)30-22(25)17-5-8-20(9-6-17)31-14-15(2)28-16(31)3/h5-14H,4H2,1-3H3,(H,27,32)(H3,25,26,29,30). The number of benzene rings is 2. The number of hydrogen-bond donors (Lipinski definition) is 3. The molecule has 0 aliphatic heterocycles. The van der Waals surface area contributed by atoms with E-state index in [1.54, 1.807) is 12.3 Å². The Morgan fingerprint density at radius 3 is 2.62 bits per heavy atom. The van der Waals surface area contributed by atoms with Gasteiger partial charge in [0, 0.05) is 41.3 Å². The van der Waals surface area contributed by atoms with E-state index in [1.807, 2.05) is 74.0 Å². The van der Waals surface area contributed by atoms with Crippen LogP contribution < -0.4 is 16.6 Å². The summed E-state index contributed by atoms with van der Waals surface area (Å²) >= 11 is 0. The molecule has 0 fully saturated rings. The van der Waals surface area contributed by atoms with E-state index in [0.717, 1.165) is 33.8 Å². The molecule has 32 heavy (non-hydrogen) atoms. The summed E-state index contributed by atoms with van der Waals surface area (Å²) in [4.78, 5) is 27.9. The summed E-state index contributed by atoms with van der Waals surface area (Å²) in [5, 5.41) is 4.65. The Morgan fingerprint density at radius 1 is 1.16 bits per heavy atom. The van der Waals surface area contributed by atoms with E-state index in [2.05, 4.69) is 25.3 Å². The van der Waals surface area contributed by atoms with Crippen LogP contribution in [-0.2, 0) is 0 Å². The number of aliphatic imine (C=N–C) groups is 2. The Morgan fingerprint density at radius 2 is 1.94 bits per heavy atom. The lowest BCUT2D eigenvalue weighted by Crippen LogP contribution is -2.20. The van der Waals surface area contributed by atoms with E-state index in [0.29, 0.717) is 23.7 Å². The highest BCUT2D eigenvalue weighted by Gasteiger charge is 2.07. The summed E-state index contributed by atoms with van der Waals surface area (Å²) in [6.45, 7) is 6.42. The number of aromatic amines is 1. The van der Waals surface area contributed by atoms with Gasteiger partial charge in [-0.3, -0.25) is 9.79 Å². The molecule has 0 saturated heterocycles. The number of anilines is 1. The SMILES string of the molecule is CCN=C(/N=C(\N)c1ccc(-n2cc(C)nc2C)cc1)Nc1ccc2c(=O)[nH]ccc2c1. The van der Waals surface area contributed by atoms with Crippen molar-refractivity contribution in [1.82, 2.24) is 14.5 Å². The second-order valence-corrected chi connectivity index (χ2v) is 7.38. The third kappa shape index (κ3) is 4.44. The van der Waals surface area contributed by atoms with Gasteiger partial charge in [-0.25, -0.2) is 4.98 Å². The van der Waals surface area contributed by atoms with E-state index < -0.39 is 0 Å². The molecule has 2 heterocycles. The fraction of sp³-hybridized carbons (Fsp3) is 0.167. The van der Waals surface area contributed by atoms with Crippen LogP contribution in [0.4, 0.5) is 5.69 Å². The number of nitrogens with one attached hydrogen (secondary N) is 2. The van der Waals surface area contributed by atoms with Crippen molar-refractivity contribution in [3.05, 3.63) is 88.4 Å². The molecule has 0 saturated carbocycles. The molecule has 0 spiro atoms. The van der Waals surface area contributed by atoms with E-state index in [4.69, 9.17) is 5.73 Å². The van der Waals surface area contributed by atoms with Crippen molar-refractivity contribution >= 4 is 28.3 Å². The molecule has 0 amide bonds. The number of aromatic nitrogens is 3. The minimum Gasteiger partial charge on any atom is -0.383 e. The second-order valence-electron chi connectivity index (χ2n) is 7.38. The van der Waals surface area contributed by atoms with Crippen LogP contribution in [0.25, 0.3) is 16.5 Å². The van der Waals surface area contributed by atoms with E-state index in [1.165, 1.54) is 0 Å². The first-order chi connectivity index (χ1) is 15.4. The smallest absolute Gasteiger partial charge is 0.255 e. The first kappa shape index (κ1) is 21.0. The zero-order chi connectivity index (χ0) is 22.7. The van der Waals surface area contributed by atoms with Gasteiger partial charge >= 0.3 is 0 Å². The molecule has 0 atom stereocenters. The molecule has 0 aliphatic carbocycles. The average molecular weight is 428 g/mol. The van der Waals surface area contributed by atoms with Gasteiger partial charge in [-0.2, -0.15) is 4.99 Å². The molecular formula is C24H25N7O. The lowest BCUT2D eigenvalue weighted by molar-refractivity contribution is 0.974. The summed E-state index contributed by atoms with van der Waals surface area (Å²) < 4.78 is 2.03. The minimum atomic E-state index is -0.122. The van der Waals surface area contributed by atoms with Crippen LogP contribution in [0.15, 0.2) is 75.7 Å². The highest BCUT2D eigenvalue weighted by atomic mass is 16.1. The predicted molar refractivity (Wildman–Crippen MR) is 130 cm³/mol. The molecule has 0 radical (unpaired) electrons. The molecule has 4 rings (SSSR count). The lowest BCUT2D eigenvalue weighted by Gasteiger charge is -2.09. The fourth-order valence-electron chi connectivity index (χ4n) is 3.50. The monoisotopic (exact) mass is 427 g/mol. The van der Waals surface area contributed by atoms with Crippen LogP contribution in [0.2, 0.25) is 0 Å². The first-order valence-corrected chi connectivity index (χ1v) is 10.3. The van der Waals surface area contributed by atoms with Gasteiger partial charge in [-0.05, 0) is 74.7 Å². The number of fused-ring (bicyclic) bond motifs is 1. The van der Waals surface area contributed by atoms with Crippen LogP contribution in [0.5, 0.6) is 0 Å². The molecular weight excluding hydrogens is 402 g/mol. The van der Waals surface area contributed by atoms with Gasteiger partial charge < -0.3 is 20.6 Å². The normalized spacial score (nSPS) is 12.3. The molecule has 4 N–H and O–H groups in total. The summed E-state index contributed by atoms with van der Waals surface area (Å²) in [6.07, 6.45) is 3.62. The minimum absolute atomic E-state index is 0.122. The van der Waals surface area contributed by atoms with Crippen molar-refractivity contribution in [2.75, 3.05) is 11.9 Å². The second kappa shape index (κ2) is 8.89. The Balaban J connectivity index is 1.58. The number of H-pyrrole nitrogens is 1. The number of imidazole rings is 1. The van der Waals surface area contributed by atoms with Crippen molar-refractivity contribution in [3.63, 3.8) is 0 Å². The number of hydrogen-bond acceptors (Lipinski definition) is 3. The average Bonchev–Trinajstić information content (AvgIpc) is 3.12. The fourth-order valence-corrected chi connectivity index (χ4v) is 3.50. The van der Waals surface area contributed by atoms with Crippen molar-refractivity contribution in [2.45, 2.75) is 20.8 Å². The maximum Gasteiger partial charge on any atom is 0.255 e. The number of pyridine rings is 1. The lowest BCUT2D eigenvalue weighted by atomic mass is 10.1. The molecule has 8 heteroatoms. The van der Waals surface area contributed by atoms with Crippen LogP contribution in [-0.4, -0.2) is 32.9 Å². The Hall–Kier alpha value is -4.20. The Labute approximate surface area is 185 Å². The van der Waals surface area contributed by atoms with Gasteiger partial charge in [0.2, 0.25) is 5.96 Å². The van der Waals surface area contributed by atoms with E-state index in [9.17, 15) is 4.79 Å². The number of amidine groups is 1. The van der Waals surface area contributed by atoms with Gasteiger partial charge in [-0.1, -0.05) is 0 Å². The van der Waals surface area contributed by atoms with Crippen molar-refractivity contribution in [2.24, 2.45) is 15.7 Å². The number of aryl methyl sites for hydroxylation is 2. The van der Waals surface area contributed by atoms with E-state index in [-0.39, 0.29) is 5.56 Å². The number of rotatable bonds is 4. The summed E-state index contributed by atoms with van der Waals surface area (Å²) in [5.41, 5.74) is 9.69. The van der Waals surface area contributed by atoms with Crippen molar-refractivity contribution in [1.29, 1.82) is 0 Å². The van der Waals surface area contributed by atoms with Crippen molar-refractivity contribution in [3.8, 4) is 5.69 Å². The summed E-state index contributed by atoms with van der Waals surface area (Å²) in [7, 11) is 0. The summed E-state index contributed by atoms with van der Waals surface area (Å²) in [6, 6.07) is 15.1. The maximum atomic E-state index is 11.9. The van der Waals surface area contributed by atoms with E-state index >= 15 is 0 Å². The van der Waals surface area contributed by atoms with Gasteiger partial charge in [-0.15, -0.1) is 0 Å². The molecule has 0 bridgehead atoms. The third-order valence-electron chi connectivity index (χ3n) is 5.01. The highest BCUT2D eigenvalue weighted by Crippen LogP contribution is 2.17. The Bertz CT molecular complexity index is 1380. The molecule has 0 unspecified atom stereocenters. The number of nitrogens with two attached hydrogens (primary N) is 1. The largest absolute Gasteiger partial charge is 0.383 e. The van der Waals surface area contributed by atoms with Gasteiger partial charge in [0.25, 0.3) is 5.56 Å². The third-order valence-corrected chi connectivity index (χ3v) is 5.01. The highest BCUT2D eigenvalue weighted by molar-refractivity contribution is 6.08. The summed E-state index contributed by atoms with van der Waals surface area (Å²) in [5.74, 6) is 1.68. The molecule has 8 nitrogen and oxygen atoms in total. The molecule has 4 aromatic rings. The van der Waals surface area contributed by atoms with Gasteiger partial charge in [0.1, 0.15) is 11.7 Å². The molecule has 2 aromatic carbocycles. The maximum absolute atomic E-state index is 11.9. The van der Waals surface area contributed by atoms with Crippen LogP contribution in [0.3, 0.4) is 0 Å². The molecule has 162 valence electrons. The molecule has 2 aromatic heterocycles. The van der Waals surface area contributed by atoms with Crippen LogP contribution >= 0.6 is 0 Å². The van der Waals surface area contributed by atoms with Gasteiger partial charge in [0.05, 0.1) is 5.69 Å². The predicted octanol–water partition coefficient (Wildman–Crippen LogP) is 3.52. The zero-order valence-corrected chi connectivity index (χ0v) is 18.3. The quantitative estimate of drug-likeness (QED) is 0.341. The van der Waals surface area contributed by atoms with Crippen molar-refractivity contribution < 1.29 is 0 Å². The van der Waals surface area contributed by atoms with Crippen LogP contribution in [0.1, 0.15) is 24.0 Å². The number of nitrogens with zero attached hydrogens (tertiary/aromatic N) is 4. The Kier molecular flexibility index (Phi) is 5.85. The first-order valence-electron chi connectivity index (χ1n) is 10.3. The topological polar surface area (TPSA) is 113 Å². The van der Waals surface area contributed by atoms with Gasteiger partial charge in [0.15, 0.2) is 0 Å². The number of guanidine groups is 1.